The Balaban J connectivity index is 1.56. The Bertz CT molecular complexity index is 2960. The molecule has 2 aliphatic heterocycles. The summed E-state index contributed by atoms with van der Waals surface area (Å²) in [6.07, 6.45) is 3.12. The van der Waals surface area contributed by atoms with Gasteiger partial charge in [-0.2, -0.15) is 11.8 Å². The third-order valence-electron chi connectivity index (χ3n) is 16.0. The van der Waals surface area contributed by atoms with Crippen LogP contribution in [0.15, 0.2) is 65.7 Å². The van der Waals surface area contributed by atoms with E-state index in [2.05, 4.69) is 47.5 Å². The van der Waals surface area contributed by atoms with Crippen LogP contribution in [-0.2, 0) is 75.2 Å². The Kier molecular flexibility index (Phi) is 33.9. The van der Waals surface area contributed by atoms with Crippen molar-refractivity contribution >= 4 is 94.5 Å². The van der Waals surface area contributed by atoms with Gasteiger partial charge in [-0.1, -0.05) is 74.5 Å². The van der Waals surface area contributed by atoms with Crippen molar-refractivity contribution in [3.05, 3.63) is 71.8 Å². The number of rotatable bonds is 42. The first-order valence-electron chi connectivity index (χ1n) is 32.2. The van der Waals surface area contributed by atoms with E-state index in [0.29, 0.717) is 55.4 Å². The number of likely N-dealkylation sites (tertiary alicyclic amines) is 2. The molecule has 32 heteroatoms. The summed E-state index contributed by atoms with van der Waals surface area (Å²) in [4.78, 5) is 185. The third-order valence-corrected chi connectivity index (χ3v) is 16.7. The number of nitrogens with one attached hydrogen (secondary N) is 8. The maximum Gasteiger partial charge on any atom is 0.245 e. The Labute approximate surface area is 558 Å². The summed E-state index contributed by atoms with van der Waals surface area (Å²) in [5.41, 5.74) is 40.6. The molecule has 13 amide bonds. The summed E-state index contributed by atoms with van der Waals surface area (Å²) in [6, 6.07) is 4.51. The molecule has 2 aliphatic rings. The maximum atomic E-state index is 14.7. The van der Waals surface area contributed by atoms with Gasteiger partial charge in [-0.3, -0.25) is 67.3 Å². The van der Waals surface area contributed by atoms with Crippen molar-refractivity contribution in [3.8, 4) is 0 Å². The van der Waals surface area contributed by atoms with Crippen LogP contribution in [0.1, 0.15) is 121 Å². The van der Waals surface area contributed by atoms with E-state index in [1.54, 1.807) is 60.7 Å². The molecular formula is C63H98N18O13S. The maximum absolute atomic E-state index is 14.7. The van der Waals surface area contributed by atoms with Gasteiger partial charge in [0.1, 0.15) is 54.4 Å². The Morgan fingerprint density at radius 2 is 1.01 bits per heavy atom. The van der Waals surface area contributed by atoms with E-state index in [-0.39, 0.29) is 83.0 Å². The average Bonchev–Trinajstić information content (AvgIpc) is 1.74. The molecule has 0 aliphatic carbocycles. The number of hydrogen-bond acceptors (Lipinski definition) is 17. The summed E-state index contributed by atoms with van der Waals surface area (Å²) in [5, 5.41) is 21.1. The molecule has 0 radical (unpaired) electrons. The minimum atomic E-state index is -1.64. The number of amides is 13. The van der Waals surface area contributed by atoms with Gasteiger partial charge in [-0.15, -0.1) is 0 Å². The first-order valence-corrected chi connectivity index (χ1v) is 33.6. The van der Waals surface area contributed by atoms with Gasteiger partial charge in [-0.25, -0.2) is 0 Å². The molecule has 2 fully saturated rings. The zero-order chi connectivity index (χ0) is 70.1. The Morgan fingerprint density at radius 1 is 0.537 bits per heavy atom. The summed E-state index contributed by atoms with van der Waals surface area (Å²) < 4.78 is 0. The predicted molar refractivity (Wildman–Crippen MR) is 356 cm³/mol. The average molecular weight is 1350 g/mol. The van der Waals surface area contributed by atoms with Gasteiger partial charge in [0.25, 0.3) is 0 Å². The van der Waals surface area contributed by atoms with Crippen LogP contribution in [-0.4, -0.2) is 198 Å². The molecule has 22 N–H and O–H groups in total. The topological polar surface area (TPSA) is 519 Å². The van der Waals surface area contributed by atoms with Gasteiger partial charge in [0.15, 0.2) is 5.96 Å². The second-order valence-electron chi connectivity index (χ2n) is 24.1. The lowest BCUT2D eigenvalue weighted by atomic mass is 10.0. The fraction of sp³-hybridized carbons (Fsp3) is 0.587. The van der Waals surface area contributed by atoms with Crippen LogP contribution in [0.4, 0.5) is 0 Å². The molecule has 0 bridgehead atoms. The molecule has 2 saturated heterocycles. The second-order valence-corrected chi connectivity index (χ2v) is 25.1. The highest BCUT2D eigenvalue weighted by Crippen LogP contribution is 2.24. The van der Waals surface area contributed by atoms with E-state index < -0.39 is 169 Å². The second kappa shape index (κ2) is 41.0. The number of nitrogens with zero attached hydrogens (tertiary/aromatic N) is 3. The standard InChI is InChI=1S/C63H98N18O13S/c1-37(2)33-45(57(89)74-41(53(68)85)27-32-95-3)73-52(84)36-72-54(86)46(34-38-15-6-4-7-16-38)78-58(90)47(35-39-17-8-5-9-18-39)79-56(88)42(23-25-50(66)82)75-55(87)43(24-26-51(67)83)76-59(91)49-22-14-31-81(49)62(94)44(20-10-11-28-64)77-60(92)48-21-13-30-80(48)61(93)40(65)19-12-29-71-63(69)70/h4-9,15-18,37,40-49H,10-14,19-36,64-65H2,1-3H3,(H2,66,82)(H2,67,83)(H2,68,85)(H,72,86)(H,73,84)(H,74,89)(H,75,87)(H,76,91)(H,77,92)(H,78,90)(H,79,88)(H4,69,70,71)/t40-,41+,42-,43+,44+,45+,46+,47+,48-,49+/m1/s1. The number of primary amides is 3. The number of carbonyl (C=O) groups excluding carboxylic acids is 13. The fourth-order valence-corrected chi connectivity index (χ4v) is 11.5. The number of thioether (sulfide) groups is 1. The highest BCUT2D eigenvalue weighted by Gasteiger charge is 2.42. The highest BCUT2D eigenvalue weighted by atomic mass is 32.2. The van der Waals surface area contributed by atoms with Gasteiger partial charge >= 0.3 is 0 Å². The van der Waals surface area contributed by atoms with Crippen LogP contribution in [0.5, 0.6) is 0 Å². The summed E-state index contributed by atoms with van der Waals surface area (Å²) in [6.45, 7) is 3.86. The summed E-state index contributed by atoms with van der Waals surface area (Å²) in [5.74, 6) is -9.80. The van der Waals surface area contributed by atoms with E-state index in [0.717, 1.165) is 0 Å². The van der Waals surface area contributed by atoms with Crippen molar-refractivity contribution in [1.82, 2.24) is 52.3 Å². The zero-order valence-corrected chi connectivity index (χ0v) is 55.3. The molecule has 31 nitrogen and oxygen atoms in total. The molecule has 2 aromatic carbocycles. The quantitative estimate of drug-likeness (QED) is 0.0173. The lowest BCUT2D eigenvalue weighted by Crippen LogP contribution is -2.60. The third kappa shape index (κ3) is 27.5. The van der Waals surface area contributed by atoms with Crippen molar-refractivity contribution in [2.45, 2.75) is 183 Å². The minimum absolute atomic E-state index is 0.0736. The van der Waals surface area contributed by atoms with Crippen molar-refractivity contribution in [2.75, 3.05) is 44.7 Å². The van der Waals surface area contributed by atoms with Gasteiger partial charge in [0.05, 0.1) is 12.6 Å². The van der Waals surface area contributed by atoms with Crippen LogP contribution in [0.25, 0.3) is 0 Å². The number of guanidine groups is 1. The molecular weight excluding hydrogens is 1250 g/mol. The van der Waals surface area contributed by atoms with Gasteiger partial charge in [0.2, 0.25) is 76.8 Å². The van der Waals surface area contributed by atoms with Crippen molar-refractivity contribution in [2.24, 2.45) is 51.0 Å². The van der Waals surface area contributed by atoms with Crippen LogP contribution in [0.3, 0.4) is 0 Å². The lowest BCUT2D eigenvalue weighted by molar-refractivity contribution is -0.144. The van der Waals surface area contributed by atoms with Gasteiger partial charge < -0.3 is 92.5 Å². The number of nitrogens with two attached hydrogens (primary N) is 7. The lowest BCUT2D eigenvalue weighted by Gasteiger charge is -2.32. The van der Waals surface area contributed by atoms with Crippen molar-refractivity contribution < 1.29 is 62.3 Å². The van der Waals surface area contributed by atoms with Crippen LogP contribution < -0.4 is 82.7 Å². The van der Waals surface area contributed by atoms with E-state index in [4.69, 9.17) is 40.1 Å². The summed E-state index contributed by atoms with van der Waals surface area (Å²) >= 11 is 1.45. The molecule has 0 unspecified atom stereocenters. The molecule has 0 spiro atoms. The predicted octanol–water partition coefficient (Wildman–Crippen LogP) is -3.71. The van der Waals surface area contributed by atoms with Crippen LogP contribution >= 0.6 is 11.8 Å². The van der Waals surface area contributed by atoms with E-state index in [1.165, 1.54) is 21.6 Å². The summed E-state index contributed by atoms with van der Waals surface area (Å²) in [7, 11) is 0. The minimum Gasteiger partial charge on any atom is -0.370 e. The zero-order valence-electron chi connectivity index (χ0n) is 54.5. The number of hydrogen-bond donors (Lipinski definition) is 15. The highest BCUT2D eigenvalue weighted by molar-refractivity contribution is 7.98. The fourth-order valence-electron chi connectivity index (χ4n) is 11.0. The SMILES string of the molecule is CSCC[C@H](NC(=O)[C@H](CC(C)C)NC(=O)CNC(=O)[C@H](Cc1ccccc1)NC(=O)[C@H](Cc1ccccc1)NC(=O)[C@@H](CCC(N)=O)NC(=O)[C@H](CCC(N)=O)NC(=O)[C@@H]1CCCN1C(=O)[C@H](CCCCN)NC(=O)[C@H]1CCCN1C(=O)[C@H](N)CCCN=C(N)N)C(N)=O. The largest absolute Gasteiger partial charge is 0.370 e. The number of aliphatic imine (C=N–C) groups is 1. The van der Waals surface area contributed by atoms with Crippen LogP contribution in [0, 0.1) is 5.92 Å². The van der Waals surface area contributed by atoms with Gasteiger partial charge in [-0.05, 0) is 119 Å². The Hall–Kier alpha value is -8.91. The molecule has 0 aromatic heterocycles. The normalized spacial score (nSPS) is 16.8. The number of unbranched alkanes of at least 4 members (excludes halogenated alkanes) is 1. The molecule has 10 atom stereocenters. The van der Waals surface area contributed by atoms with E-state index >= 15 is 0 Å². The van der Waals surface area contributed by atoms with Crippen LogP contribution in [0.2, 0.25) is 0 Å². The molecule has 2 aromatic rings. The Morgan fingerprint density at radius 3 is 1.51 bits per heavy atom. The smallest absolute Gasteiger partial charge is 0.245 e. The first-order chi connectivity index (χ1) is 45.2. The molecule has 95 heavy (non-hydrogen) atoms. The van der Waals surface area contributed by atoms with E-state index in [9.17, 15) is 62.3 Å². The molecule has 524 valence electrons. The van der Waals surface area contributed by atoms with Gasteiger partial charge in [0, 0.05) is 45.3 Å². The first kappa shape index (κ1) is 78.5. The monoisotopic (exact) mass is 1350 g/mol. The van der Waals surface area contributed by atoms with E-state index in [1.807, 2.05) is 20.1 Å². The number of benzene rings is 2. The molecule has 2 heterocycles. The molecule has 4 rings (SSSR count). The number of carbonyl (C=O) groups is 13. The molecule has 0 saturated carbocycles. The van der Waals surface area contributed by atoms with Crippen molar-refractivity contribution in [3.63, 3.8) is 0 Å². The van der Waals surface area contributed by atoms with Crippen molar-refractivity contribution in [1.29, 1.82) is 0 Å².